The molecule has 0 aliphatic rings. The molecule has 0 aliphatic carbocycles. The average Bonchev–Trinajstić information content (AvgIpc) is 3.09. The Morgan fingerprint density at radius 3 is 2.90 bits per heavy atom. The third kappa shape index (κ3) is 2.75. The monoisotopic (exact) mass is 270 g/mol. The Morgan fingerprint density at radius 1 is 1.15 bits per heavy atom. The first-order valence-corrected chi connectivity index (χ1v) is 7.01. The first-order chi connectivity index (χ1) is 9.86. The minimum atomic E-state index is 0.694. The number of benzene rings is 1. The van der Waals surface area contributed by atoms with Crippen LogP contribution in [0.5, 0.6) is 0 Å². The lowest BCUT2D eigenvalue weighted by Gasteiger charge is -1.98. The molecule has 2 aromatic heterocycles. The van der Waals surface area contributed by atoms with Crippen LogP contribution in [0.25, 0.3) is 22.5 Å². The Bertz CT molecular complexity index is 651. The number of aryl methyl sites for hydroxylation is 1. The minimum Gasteiger partial charge on any atom is -0.453 e. The van der Waals surface area contributed by atoms with Gasteiger partial charge in [0, 0.05) is 11.8 Å². The summed E-state index contributed by atoms with van der Waals surface area (Å²) in [6.45, 7) is 4.08. The summed E-state index contributed by atoms with van der Waals surface area (Å²) in [5.74, 6) is 2.19. The SMILES string of the molecule is CCNCCCc1ncc(-c2cc3ccccc3o2)o1. The maximum atomic E-state index is 5.76. The zero-order valence-electron chi connectivity index (χ0n) is 11.6. The molecule has 0 radical (unpaired) electrons. The highest BCUT2D eigenvalue weighted by atomic mass is 16.4. The Labute approximate surface area is 117 Å². The number of fused-ring (bicyclic) bond motifs is 1. The first-order valence-electron chi connectivity index (χ1n) is 7.01. The number of oxazole rings is 1. The molecule has 0 unspecified atom stereocenters. The molecular weight excluding hydrogens is 252 g/mol. The van der Waals surface area contributed by atoms with Crippen LogP contribution in [0.4, 0.5) is 0 Å². The first kappa shape index (κ1) is 12.9. The van der Waals surface area contributed by atoms with Crippen molar-refractivity contribution < 1.29 is 8.83 Å². The molecule has 0 saturated heterocycles. The van der Waals surface area contributed by atoms with Crippen molar-refractivity contribution in [3.05, 3.63) is 42.4 Å². The van der Waals surface area contributed by atoms with Crippen LogP contribution in [-0.4, -0.2) is 18.1 Å². The zero-order chi connectivity index (χ0) is 13.8. The fourth-order valence-corrected chi connectivity index (χ4v) is 2.18. The Morgan fingerprint density at radius 2 is 2.05 bits per heavy atom. The van der Waals surface area contributed by atoms with Gasteiger partial charge in [-0.1, -0.05) is 25.1 Å². The molecule has 0 bridgehead atoms. The van der Waals surface area contributed by atoms with E-state index < -0.39 is 0 Å². The van der Waals surface area contributed by atoms with Gasteiger partial charge in [0.15, 0.2) is 17.4 Å². The van der Waals surface area contributed by atoms with E-state index in [1.54, 1.807) is 6.20 Å². The Hall–Kier alpha value is -2.07. The summed E-state index contributed by atoms with van der Waals surface area (Å²) in [6.07, 6.45) is 3.60. The van der Waals surface area contributed by atoms with Gasteiger partial charge >= 0.3 is 0 Å². The van der Waals surface area contributed by atoms with E-state index in [-0.39, 0.29) is 0 Å². The van der Waals surface area contributed by atoms with Gasteiger partial charge in [-0.15, -0.1) is 0 Å². The molecule has 0 aliphatic heterocycles. The van der Waals surface area contributed by atoms with Crippen molar-refractivity contribution >= 4 is 11.0 Å². The Kier molecular flexibility index (Phi) is 3.83. The summed E-state index contributed by atoms with van der Waals surface area (Å²) in [4.78, 5) is 4.31. The lowest BCUT2D eigenvalue weighted by atomic mass is 10.2. The number of hydrogen-bond acceptors (Lipinski definition) is 4. The number of rotatable bonds is 6. The summed E-state index contributed by atoms with van der Waals surface area (Å²) >= 11 is 0. The van der Waals surface area contributed by atoms with Crippen LogP contribution in [0.3, 0.4) is 0 Å². The molecular formula is C16H18N2O2. The topological polar surface area (TPSA) is 51.2 Å². The van der Waals surface area contributed by atoms with Gasteiger partial charge in [0.2, 0.25) is 0 Å². The normalized spacial score (nSPS) is 11.2. The van der Waals surface area contributed by atoms with Gasteiger partial charge < -0.3 is 14.2 Å². The van der Waals surface area contributed by atoms with Crippen LogP contribution in [0.2, 0.25) is 0 Å². The average molecular weight is 270 g/mol. The maximum absolute atomic E-state index is 5.76. The highest BCUT2D eigenvalue weighted by molar-refractivity contribution is 5.81. The molecule has 2 heterocycles. The van der Waals surface area contributed by atoms with E-state index in [1.165, 1.54) is 0 Å². The van der Waals surface area contributed by atoms with E-state index in [2.05, 4.69) is 17.2 Å². The summed E-state index contributed by atoms with van der Waals surface area (Å²) < 4.78 is 11.5. The predicted molar refractivity (Wildman–Crippen MR) is 78.6 cm³/mol. The molecule has 3 rings (SSSR count). The smallest absolute Gasteiger partial charge is 0.195 e. The number of nitrogens with zero attached hydrogens (tertiary/aromatic N) is 1. The number of aromatic nitrogens is 1. The third-order valence-electron chi connectivity index (χ3n) is 3.22. The lowest BCUT2D eigenvalue weighted by Crippen LogP contribution is -2.14. The minimum absolute atomic E-state index is 0.694. The van der Waals surface area contributed by atoms with Crippen LogP contribution in [-0.2, 0) is 6.42 Å². The van der Waals surface area contributed by atoms with Crippen molar-refractivity contribution in [1.82, 2.24) is 10.3 Å². The van der Waals surface area contributed by atoms with E-state index in [1.807, 2.05) is 30.3 Å². The molecule has 0 saturated carbocycles. The van der Waals surface area contributed by atoms with E-state index in [0.717, 1.165) is 48.6 Å². The van der Waals surface area contributed by atoms with Crippen molar-refractivity contribution in [3.8, 4) is 11.5 Å². The van der Waals surface area contributed by atoms with Crippen LogP contribution in [0, 0.1) is 0 Å². The van der Waals surface area contributed by atoms with Gasteiger partial charge in [0.25, 0.3) is 0 Å². The number of furan rings is 1. The van der Waals surface area contributed by atoms with Gasteiger partial charge in [0.1, 0.15) is 5.58 Å². The van der Waals surface area contributed by atoms with Gasteiger partial charge in [0.05, 0.1) is 6.20 Å². The van der Waals surface area contributed by atoms with Crippen LogP contribution in [0.1, 0.15) is 19.2 Å². The van der Waals surface area contributed by atoms with E-state index in [4.69, 9.17) is 8.83 Å². The number of hydrogen-bond donors (Lipinski definition) is 1. The second kappa shape index (κ2) is 5.92. The summed E-state index contributed by atoms with van der Waals surface area (Å²) in [7, 11) is 0. The van der Waals surface area contributed by atoms with Gasteiger partial charge in [-0.25, -0.2) is 4.98 Å². The number of nitrogens with one attached hydrogen (secondary N) is 1. The number of para-hydroxylation sites is 1. The van der Waals surface area contributed by atoms with Crippen molar-refractivity contribution in [3.63, 3.8) is 0 Å². The van der Waals surface area contributed by atoms with Gasteiger partial charge in [-0.3, -0.25) is 0 Å². The molecule has 4 nitrogen and oxygen atoms in total. The van der Waals surface area contributed by atoms with Gasteiger partial charge in [-0.05, 0) is 31.6 Å². The largest absolute Gasteiger partial charge is 0.453 e. The molecule has 0 amide bonds. The predicted octanol–water partition coefficient (Wildman–Crippen LogP) is 3.63. The fourth-order valence-electron chi connectivity index (χ4n) is 2.18. The molecule has 20 heavy (non-hydrogen) atoms. The molecule has 0 atom stereocenters. The summed E-state index contributed by atoms with van der Waals surface area (Å²) in [5.41, 5.74) is 0.868. The van der Waals surface area contributed by atoms with E-state index in [0.29, 0.717) is 5.76 Å². The summed E-state index contributed by atoms with van der Waals surface area (Å²) in [6, 6.07) is 9.91. The second-order valence-corrected chi connectivity index (χ2v) is 4.72. The molecule has 3 aromatic rings. The van der Waals surface area contributed by atoms with Crippen LogP contribution in [0.15, 0.2) is 45.4 Å². The lowest BCUT2D eigenvalue weighted by molar-refractivity contribution is 0.478. The van der Waals surface area contributed by atoms with Crippen molar-refractivity contribution in [2.75, 3.05) is 13.1 Å². The molecule has 4 heteroatoms. The fraction of sp³-hybridized carbons (Fsp3) is 0.312. The quantitative estimate of drug-likeness (QED) is 0.695. The second-order valence-electron chi connectivity index (χ2n) is 4.72. The molecule has 0 fully saturated rings. The van der Waals surface area contributed by atoms with E-state index >= 15 is 0 Å². The summed E-state index contributed by atoms with van der Waals surface area (Å²) in [5, 5.41) is 4.36. The van der Waals surface area contributed by atoms with E-state index in [9.17, 15) is 0 Å². The molecule has 1 N–H and O–H groups in total. The van der Waals surface area contributed by atoms with Crippen LogP contribution >= 0.6 is 0 Å². The zero-order valence-corrected chi connectivity index (χ0v) is 11.6. The highest BCUT2D eigenvalue weighted by Crippen LogP contribution is 2.28. The van der Waals surface area contributed by atoms with Gasteiger partial charge in [-0.2, -0.15) is 0 Å². The standard InChI is InChI=1S/C16H18N2O2/c1-2-17-9-5-8-16-18-11-15(20-16)14-10-12-6-3-4-7-13(12)19-14/h3-4,6-7,10-11,17H,2,5,8-9H2,1H3. The van der Waals surface area contributed by atoms with Crippen molar-refractivity contribution in [2.45, 2.75) is 19.8 Å². The Balaban J connectivity index is 1.72. The highest BCUT2D eigenvalue weighted by Gasteiger charge is 2.11. The maximum Gasteiger partial charge on any atom is 0.195 e. The molecule has 104 valence electrons. The third-order valence-corrected chi connectivity index (χ3v) is 3.22. The van der Waals surface area contributed by atoms with Crippen LogP contribution < -0.4 is 5.32 Å². The van der Waals surface area contributed by atoms with Crippen molar-refractivity contribution in [1.29, 1.82) is 0 Å². The van der Waals surface area contributed by atoms with Crippen molar-refractivity contribution in [2.24, 2.45) is 0 Å². The molecule has 0 spiro atoms. The molecule has 1 aromatic carbocycles.